The summed E-state index contributed by atoms with van der Waals surface area (Å²) in [5.74, 6) is -0.137. The SMILES string of the molecule is CC(C)(C)NC(=O)CNC1CCC(C)(S(=O)(=O)c2cccc(C(F)(F)F)c2)CC1. The number of sulfone groups is 1. The second-order valence-corrected chi connectivity index (χ2v) is 11.4. The predicted octanol–water partition coefficient (Wildman–Crippen LogP) is 3.68. The Kier molecular flexibility index (Phi) is 6.74. The lowest BCUT2D eigenvalue weighted by atomic mass is 9.86. The highest BCUT2D eigenvalue weighted by Crippen LogP contribution is 2.40. The molecule has 1 aliphatic rings. The molecular formula is C20H29F3N2O3S. The molecule has 1 fully saturated rings. The maximum atomic E-state index is 13.1. The quantitative estimate of drug-likeness (QED) is 0.741. The highest BCUT2D eigenvalue weighted by atomic mass is 32.2. The van der Waals surface area contributed by atoms with Crippen molar-refractivity contribution in [3.63, 3.8) is 0 Å². The van der Waals surface area contributed by atoms with Crippen molar-refractivity contribution in [3.8, 4) is 0 Å². The van der Waals surface area contributed by atoms with Crippen LogP contribution in [0.2, 0.25) is 0 Å². The molecule has 29 heavy (non-hydrogen) atoms. The summed E-state index contributed by atoms with van der Waals surface area (Å²) in [6.07, 6.45) is -2.93. The van der Waals surface area contributed by atoms with E-state index in [0.717, 1.165) is 12.1 Å². The number of carbonyl (C=O) groups is 1. The maximum absolute atomic E-state index is 13.1. The Bertz CT molecular complexity index is 837. The third-order valence-corrected chi connectivity index (χ3v) is 7.81. The van der Waals surface area contributed by atoms with Crippen molar-refractivity contribution in [2.45, 2.75) is 80.8 Å². The Morgan fingerprint density at radius 2 is 1.76 bits per heavy atom. The molecule has 2 N–H and O–H groups in total. The van der Waals surface area contributed by atoms with E-state index in [1.165, 1.54) is 6.07 Å². The van der Waals surface area contributed by atoms with Crippen molar-refractivity contribution in [1.29, 1.82) is 0 Å². The third kappa shape index (κ3) is 5.94. The minimum atomic E-state index is -4.60. The molecule has 0 aliphatic heterocycles. The van der Waals surface area contributed by atoms with Crippen LogP contribution in [0.4, 0.5) is 13.2 Å². The first-order chi connectivity index (χ1) is 13.1. The summed E-state index contributed by atoms with van der Waals surface area (Å²) in [7, 11) is -3.93. The van der Waals surface area contributed by atoms with E-state index in [2.05, 4.69) is 10.6 Å². The normalized spacial score (nSPS) is 23.6. The lowest BCUT2D eigenvalue weighted by molar-refractivity contribution is -0.137. The zero-order chi connectivity index (χ0) is 22.1. The van der Waals surface area contributed by atoms with Gasteiger partial charge in [0.15, 0.2) is 9.84 Å². The Hall–Kier alpha value is -1.61. The van der Waals surface area contributed by atoms with Crippen LogP contribution in [0.15, 0.2) is 29.2 Å². The zero-order valence-corrected chi connectivity index (χ0v) is 18.0. The first-order valence-electron chi connectivity index (χ1n) is 9.60. The molecule has 1 aromatic rings. The molecule has 0 spiro atoms. The second kappa shape index (κ2) is 8.26. The molecule has 5 nitrogen and oxygen atoms in total. The van der Waals surface area contributed by atoms with Crippen molar-refractivity contribution < 1.29 is 26.4 Å². The fourth-order valence-electron chi connectivity index (χ4n) is 3.52. The summed E-state index contributed by atoms with van der Waals surface area (Å²) in [6.45, 7) is 7.38. The van der Waals surface area contributed by atoms with Crippen molar-refractivity contribution in [2.75, 3.05) is 6.54 Å². The third-order valence-electron chi connectivity index (χ3n) is 5.23. The molecule has 0 unspecified atom stereocenters. The van der Waals surface area contributed by atoms with E-state index in [1.807, 2.05) is 20.8 Å². The smallest absolute Gasteiger partial charge is 0.350 e. The number of halogens is 3. The van der Waals surface area contributed by atoms with Gasteiger partial charge in [0.25, 0.3) is 0 Å². The van der Waals surface area contributed by atoms with Crippen molar-refractivity contribution in [2.24, 2.45) is 0 Å². The molecule has 1 saturated carbocycles. The summed E-state index contributed by atoms with van der Waals surface area (Å²) in [5, 5.41) is 6.00. The molecule has 0 aromatic heterocycles. The maximum Gasteiger partial charge on any atom is 0.416 e. The fourth-order valence-corrected chi connectivity index (χ4v) is 5.41. The van der Waals surface area contributed by atoms with E-state index in [-0.39, 0.29) is 28.9 Å². The van der Waals surface area contributed by atoms with Crippen LogP contribution in [-0.4, -0.2) is 37.2 Å². The van der Waals surface area contributed by atoms with E-state index in [4.69, 9.17) is 0 Å². The average Bonchev–Trinajstić information content (AvgIpc) is 2.59. The topological polar surface area (TPSA) is 75.3 Å². The average molecular weight is 435 g/mol. The summed E-state index contributed by atoms with van der Waals surface area (Å²) in [6, 6.07) is 3.91. The zero-order valence-electron chi connectivity index (χ0n) is 17.2. The summed E-state index contributed by atoms with van der Waals surface area (Å²) < 4.78 is 63.9. The standard InChI is InChI=1S/C20H29F3N2O3S/c1-18(2,3)25-17(26)13-24-15-8-10-19(4,11-9-15)29(27,28)16-7-5-6-14(12-16)20(21,22)23/h5-7,12,15,24H,8-11,13H2,1-4H3,(H,25,26). The minimum absolute atomic E-state index is 0.00879. The van der Waals surface area contributed by atoms with Crippen molar-refractivity contribution >= 4 is 15.7 Å². The second-order valence-electron chi connectivity index (χ2n) is 8.93. The number of amides is 1. The number of nitrogens with one attached hydrogen (secondary N) is 2. The monoisotopic (exact) mass is 434 g/mol. The molecule has 2 rings (SSSR count). The first kappa shape index (κ1) is 23.7. The van der Waals surface area contributed by atoms with Gasteiger partial charge < -0.3 is 10.6 Å². The van der Waals surface area contributed by atoms with Crippen LogP contribution in [0.1, 0.15) is 58.9 Å². The minimum Gasteiger partial charge on any atom is -0.350 e. The highest BCUT2D eigenvalue weighted by molar-refractivity contribution is 7.92. The largest absolute Gasteiger partial charge is 0.416 e. The summed E-state index contributed by atoms with van der Waals surface area (Å²) in [5.41, 5.74) is -1.30. The Morgan fingerprint density at radius 3 is 2.28 bits per heavy atom. The molecule has 9 heteroatoms. The number of rotatable bonds is 5. The Balaban J connectivity index is 2.03. The van der Waals surface area contributed by atoms with Crippen LogP contribution in [0.5, 0.6) is 0 Å². The molecule has 0 radical (unpaired) electrons. The van der Waals surface area contributed by atoms with Gasteiger partial charge >= 0.3 is 6.18 Å². The van der Waals surface area contributed by atoms with Crippen molar-refractivity contribution in [1.82, 2.24) is 10.6 Å². The molecule has 0 atom stereocenters. The van der Waals surface area contributed by atoms with Gasteiger partial charge in [0.2, 0.25) is 5.91 Å². The molecule has 1 aromatic carbocycles. The van der Waals surface area contributed by atoms with Gasteiger partial charge in [-0.3, -0.25) is 4.79 Å². The van der Waals surface area contributed by atoms with Crippen LogP contribution in [0.3, 0.4) is 0 Å². The van der Waals surface area contributed by atoms with Gasteiger partial charge in [-0.2, -0.15) is 13.2 Å². The van der Waals surface area contributed by atoms with Gasteiger partial charge in [-0.25, -0.2) is 8.42 Å². The van der Waals surface area contributed by atoms with Gasteiger partial charge in [0, 0.05) is 11.6 Å². The molecule has 0 bridgehead atoms. The van der Waals surface area contributed by atoms with E-state index < -0.39 is 26.3 Å². The van der Waals surface area contributed by atoms with E-state index in [1.54, 1.807) is 6.92 Å². The predicted molar refractivity (Wildman–Crippen MR) is 105 cm³/mol. The van der Waals surface area contributed by atoms with Crippen LogP contribution < -0.4 is 10.6 Å². The summed E-state index contributed by atoms with van der Waals surface area (Å²) >= 11 is 0. The van der Waals surface area contributed by atoms with Crippen molar-refractivity contribution in [3.05, 3.63) is 29.8 Å². The number of hydrogen-bond acceptors (Lipinski definition) is 4. The molecular weight excluding hydrogens is 405 g/mol. The number of hydrogen-bond donors (Lipinski definition) is 2. The van der Waals surface area contributed by atoms with Gasteiger partial charge in [0.05, 0.1) is 21.8 Å². The van der Waals surface area contributed by atoms with Crippen LogP contribution >= 0.6 is 0 Å². The van der Waals surface area contributed by atoms with Gasteiger partial charge in [-0.05, 0) is 71.6 Å². The summed E-state index contributed by atoms with van der Waals surface area (Å²) in [4.78, 5) is 11.6. The molecule has 1 amide bonds. The molecule has 0 heterocycles. The Labute approximate surface area is 170 Å². The highest BCUT2D eigenvalue weighted by Gasteiger charge is 2.44. The number of carbonyl (C=O) groups excluding carboxylic acids is 1. The van der Waals surface area contributed by atoms with E-state index in [0.29, 0.717) is 31.7 Å². The number of benzene rings is 1. The lowest BCUT2D eigenvalue weighted by Crippen LogP contribution is -2.49. The lowest BCUT2D eigenvalue weighted by Gasteiger charge is -2.37. The first-order valence-corrected chi connectivity index (χ1v) is 11.1. The van der Waals surface area contributed by atoms with E-state index in [9.17, 15) is 26.4 Å². The molecule has 164 valence electrons. The van der Waals surface area contributed by atoms with Gasteiger partial charge in [-0.15, -0.1) is 0 Å². The van der Waals surface area contributed by atoms with Crippen LogP contribution in [0.25, 0.3) is 0 Å². The van der Waals surface area contributed by atoms with E-state index >= 15 is 0 Å². The number of alkyl halides is 3. The molecule has 0 saturated heterocycles. The van der Waals surface area contributed by atoms with Crippen LogP contribution in [-0.2, 0) is 20.8 Å². The van der Waals surface area contributed by atoms with Crippen LogP contribution in [0, 0.1) is 0 Å². The Morgan fingerprint density at radius 1 is 1.17 bits per heavy atom. The fraction of sp³-hybridized carbons (Fsp3) is 0.650. The molecule has 1 aliphatic carbocycles. The van der Waals surface area contributed by atoms with Gasteiger partial charge in [-0.1, -0.05) is 6.07 Å². The van der Waals surface area contributed by atoms with Gasteiger partial charge in [0.1, 0.15) is 0 Å².